The number of nitrogens with zero attached hydrogens (tertiary/aromatic N) is 3. The second-order valence-electron chi connectivity index (χ2n) is 4.30. The lowest BCUT2D eigenvalue weighted by Gasteiger charge is -2.24. The van der Waals surface area contributed by atoms with E-state index in [4.69, 9.17) is 11.0 Å². The van der Waals surface area contributed by atoms with Crippen molar-refractivity contribution in [1.82, 2.24) is 9.88 Å². The molecule has 1 amide bonds. The van der Waals surface area contributed by atoms with Gasteiger partial charge in [-0.15, -0.1) is 0 Å². The van der Waals surface area contributed by atoms with Crippen molar-refractivity contribution in [2.75, 3.05) is 19.3 Å². The van der Waals surface area contributed by atoms with Crippen molar-refractivity contribution >= 4 is 17.7 Å². The normalized spacial score (nSPS) is 14.9. The van der Waals surface area contributed by atoms with Crippen LogP contribution in [-0.2, 0) is 17.8 Å². The molecule has 6 heteroatoms. The van der Waals surface area contributed by atoms with Crippen LogP contribution in [0.3, 0.4) is 0 Å². The number of nitrogens with two attached hydrogens (primary N) is 1. The third-order valence-corrected chi connectivity index (χ3v) is 3.81. The van der Waals surface area contributed by atoms with Crippen LogP contribution in [0.5, 0.6) is 0 Å². The topological polar surface area (TPSA) is 83.0 Å². The number of primary amides is 1. The number of nitriles is 1. The van der Waals surface area contributed by atoms with E-state index < -0.39 is 5.91 Å². The summed E-state index contributed by atoms with van der Waals surface area (Å²) < 4.78 is 0. The summed E-state index contributed by atoms with van der Waals surface area (Å²) in [6, 6.07) is 4.01. The van der Waals surface area contributed by atoms with E-state index in [9.17, 15) is 4.79 Å². The summed E-state index contributed by atoms with van der Waals surface area (Å²) in [6.07, 6.45) is 0.877. The Morgan fingerprint density at radius 2 is 2.50 bits per heavy atom. The Balaban J connectivity index is 2.30. The first-order valence-corrected chi connectivity index (χ1v) is 6.61. The molecule has 5 nitrogen and oxygen atoms in total. The number of aromatic nitrogens is 1. The molecule has 2 rings (SSSR count). The Morgan fingerprint density at radius 1 is 1.72 bits per heavy atom. The molecule has 18 heavy (non-hydrogen) atoms. The Kier molecular flexibility index (Phi) is 3.84. The molecule has 2 heterocycles. The fourth-order valence-corrected chi connectivity index (χ4v) is 2.64. The molecule has 0 bridgehead atoms. The van der Waals surface area contributed by atoms with E-state index >= 15 is 0 Å². The number of carbonyl (C=O) groups is 1. The van der Waals surface area contributed by atoms with Gasteiger partial charge in [0.05, 0.1) is 11.3 Å². The SMILES string of the molecule is CN1CCc2nc(SCC(N)=O)c(C#N)cc2C1. The third kappa shape index (κ3) is 2.81. The second-order valence-corrected chi connectivity index (χ2v) is 5.27. The van der Waals surface area contributed by atoms with Gasteiger partial charge in [-0.2, -0.15) is 5.26 Å². The van der Waals surface area contributed by atoms with Crippen LogP contribution in [0.2, 0.25) is 0 Å². The van der Waals surface area contributed by atoms with Gasteiger partial charge in [0.1, 0.15) is 11.1 Å². The molecule has 0 fully saturated rings. The van der Waals surface area contributed by atoms with Crippen molar-refractivity contribution in [2.45, 2.75) is 18.0 Å². The van der Waals surface area contributed by atoms with Gasteiger partial charge in [0.2, 0.25) is 5.91 Å². The fraction of sp³-hybridized carbons (Fsp3) is 0.417. The van der Waals surface area contributed by atoms with Crippen molar-refractivity contribution in [3.05, 3.63) is 22.9 Å². The predicted octanol–water partition coefficient (Wildman–Crippen LogP) is 0.519. The molecule has 94 valence electrons. The number of thioether (sulfide) groups is 1. The van der Waals surface area contributed by atoms with Crippen LogP contribution in [-0.4, -0.2) is 35.1 Å². The average Bonchev–Trinajstić information content (AvgIpc) is 2.35. The van der Waals surface area contributed by atoms with E-state index in [0.717, 1.165) is 30.8 Å². The van der Waals surface area contributed by atoms with Gasteiger partial charge in [-0.25, -0.2) is 4.98 Å². The highest BCUT2D eigenvalue weighted by molar-refractivity contribution is 7.99. The zero-order valence-corrected chi connectivity index (χ0v) is 11.0. The monoisotopic (exact) mass is 262 g/mol. The van der Waals surface area contributed by atoms with E-state index in [1.165, 1.54) is 11.8 Å². The number of fused-ring (bicyclic) bond motifs is 1. The summed E-state index contributed by atoms with van der Waals surface area (Å²) in [5.74, 6) is -0.247. The molecule has 1 aliphatic heterocycles. The van der Waals surface area contributed by atoms with Crippen molar-refractivity contribution in [3.8, 4) is 6.07 Å². The number of pyridine rings is 1. The molecule has 0 unspecified atom stereocenters. The molecule has 0 saturated carbocycles. The van der Waals surface area contributed by atoms with Crippen LogP contribution in [0, 0.1) is 11.3 Å². The van der Waals surface area contributed by atoms with Crippen LogP contribution < -0.4 is 5.73 Å². The quantitative estimate of drug-likeness (QED) is 0.803. The Bertz CT molecular complexity index is 524. The highest BCUT2D eigenvalue weighted by atomic mass is 32.2. The van der Waals surface area contributed by atoms with E-state index in [1.807, 2.05) is 13.1 Å². The van der Waals surface area contributed by atoms with Gasteiger partial charge in [-0.3, -0.25) is 4.79 Å². The number of hydrogen-bond donors (Lipinski definition) is 1. The lowest BCUT2D eigenvalue weighted by molar-refractivity contribution is -0.115. The minimum Gasteiger partial charge on any atom is -0.369 e. The van der Waals surface area contributed by atoms with Crippen LogP contribution >= 0.6 is 11.8 Å². The number of carbonyl (C=O) groups excluding carboxylic acids is 1. The number of amides is 1. The maximum atomic E-state index is 10.8. The highest BCUT2D eigenvalue weighted by Gasteiger charge is 2.18. The fourth-order valence-electron chi connectivity index (χ4n) is 1.92. The predicted molar refractivity (Wildman–Crippen MR) is 68.9 cm³/mol. The molecule has 0 saturated heterocycles. The summed E-state index contributed by atoms with van der Waals surface area (Å²) in [7, 11) is 2.05. The lowest BCUT2D eigenvalue weighted by atomic mass is 10.0. The Morgan fingerprint density at radius 3 is 3.17 bits per heavy atom. The van der Waals surface area contributed by atoms with E-state index in [1.54, 1.807) is 0 Å². The smallest absolute Gasteiger partial charge is 0.227 e. The summed E-state index contributed by atoms with van der Waals surface area (Å²) in [5.41, 5.74) is 7.76. The standard InChI is InChI=1S/C12H14N4OS/c1-16-3-2-10-9(6-16)4-8(5-13)12(15-10)18-7-11(14)17/h4H,2-3,6-7H2,1H3,(H2,14,17). The van der Waals surface area contributed by atoms with Gasteiger partial charge in [0.15, 0.2) is 0 Å². The molecule has 0 aromatic carbocycles. The molecular weight excluding hydrogens is 248 g/mol. The van der Waals surface area contributed by atoms with Crippen LogP contribution in [0.15, 0.2) is 11.1 Å². The van der Waals surface area contributed by atoms with Gasteiger partial charge in [0.25, 0.3) is 0 Å². The zero-order valence-electron chi connectivity index (χ0n) is 10.1. The summed E-state index contributed by atoms with van der Waals surface area (Å²) in [5, 5.41) is 9.73. The maximum absolute atomic E-state index is 10.8. The van der Waals surface area contributed by atoms with E-state index in [2.05, 4.69) is 16.0 Å². The minimum absolute atomic E-state index is 0.153. The van der Waals surface area contributed by atoms with Crippen molar-refractivity contribution < 1.29 is 4.79 Å². The van der Waals surface area contributed by atoms with Crippen LogP contribution in [0.25, 0.3) is 0 Å². The Labute approximate surface area is 110 Å². The zero-order chi connectivity index (χ0) is 13.1. The van der Waals surface area contributed by atoms with Gasteiger partial charge in [-0.05, 0) is 18.7 Å². The van der Waals surface area contributed by atoms with Crippen molar-refractivity contribution in [1.29, 1.82) is 5.26 Å². The molecule has 0 aliphatic carbocycles. The summed E-state index contributed by atoms with van der Waals surface area (Å²) in [4.78, 5) is 17.5. The van der Waals surface area contributed by atoms with Gasteiger partial charge in [-0.1, -0.05) is 11.8 Å². The van der Waals surface area contributed by atoms with E-state index in [0.29, 0.717) is 10.6 Å². The first kappa shape index (κ1) is 12.9. The van der Waals surface area contributed by atoms with Crippen LogP contribution in [0.4, 0.5) is 0 Å². The summed E-state index contributed by atoms with van der Waals surface area (Å²) in [6.45, 7) is 1.78. The van der Waals surface area contributed by atoms with Crippen LogP contribution in [0.1, 0.15) is 16.8 Å². The van der Waals surface area contributed by atoms with E-state index in [-0.39, 0.29) is 5.75 Å². The Hall–Kier alpha value is -1.58. The summed E-state index contributed by atoms with van der Waals surface area (Å²) >= 11 is 1.23. The largest absolute Gasteiger partial charge is 0.369 e. The maximum Gasteiger partial charge on any atom is 0.227 e. The minimum atomic E-state index is -0.400. The second kappa shape index (κ2) is 5.38. The van der Waals surface area contributed by atoms with Gasteiger partial charge < -0.3 is 10.6 Å². The highest BCUT2D eigenvalue weighted by Crippen LogP contribution is 2.25. The lowest BCUT2D eigenvalue weighted by Crippen LogP contribution is -2.27. The third-order valence-electron chi connectivity index (χ3n) is 2.80. The molecule has 2 N–H and O–H groups in total. The molecular formula is C12H14N4OS. The van der Waals surface area contributed by atoms with Crippen molar-refractivity contribution in [3.63, 3.8) is 0 Å². The first-order chi connectivity index (χ1) is 8.60. The molecule has 1 aromatic rings. The molecule has 1 aliphatic rings. The average molecular weight is 262 g/mol. The first-order valence-electron chi connectivity index (χ1n) is 5.62. The molecule has 1 aromatic heterocycles. The number of rotatable bonds is 3. The van der Waals surface area contributed by atoms with Gasteiger partial charge >= 0.3 is 0 Å². The van der Waals surface area contributed by atoms with Gasteiger partial charge in [0, 0.05) is 25.2 Å². The molecule has 0 spiro atoms. The van der Waals surface area contributed by atoms with Crippen molar-refractivity contribution in [2.24, 2.45) is 5.73 Å². The molecule has 0 atom stereocenters. The number of likely N-dealkylation sites (N-methyl/N-ethyl adjacent to an activating group) is 1. The number of hydrogen-bond acceptors (Lipinski definition) is 5. The molecule has 0 radical (unpaired) electrons.